The molecule has 2 aromatic heterocycles. The predicted octanol–water partition coefficient (Wildman–Crippen LogP) is 13.9. The number of hydrogen-bond acceptors (Lipinski definition) is 3. The molecule has 49 heavy (non-hydrogen) atoms. The summed E-state index contributed by atoms with van der Waals surface area (Å²) in [4.78, 5) is 2.37. The number of anilines is 3. The van der Waals surface area contributed by atoms with Crippen LogP contribution < -0.4 is 4.90 Å². The molecule has 0 bridgehead atoms. The van der Waals surface area contributed by atoms with Gasteiger partial charge in [0.25, 0.3) is 0 Å². The van der Waals surface area contributed by atoms with Crippen LogP contribution in [0, 0.1) is 0 Å². The average Bonchev–Trinajstić information content (AvgIpc) is 3.73. The highest BCUT2D eigenvalue weighted by Gasteiger charge is 2.19. The SMILES string of the molecule is c1ccc(-c2ccc(N(c3ccc4c(c3)sc3ccccc34)c3ccc4oc5cc(-c6ccccc6)c6ccccc6c5c4c3)cc2)cc1. The maximum atomic E-state index is 6.61. The van der Waals surface area contributed by atoms with Crippen molar-refractivity contribution in [3.05, 3.63) is 176 Å². The third-order valence-electron chi connectivity index (χ3n) is 9.66. The Morgan fingerprint density at radius 2 is 0.959 bits per heavy atom. The van der Waals surface area contributed by atoms with Crippen molar-refractivity contribution < 1.29 is 4.42 Å². The van der Waals surface area contributed by atoms with Gasteiger partial charge in [0.2, 0.25) is 0 Å². The second-order valence-corrected chi connectivity index (χ2v) is 13.6. The van der Waals surface area contributed by atoms with E-state index in [9.17, 15) is 0 Å². The number of rotatable bonds is 5. The molecule has 0 atom stereocenters. The minimum Gasteiger partial charge on any atom is -0.456 e. The summed E-state index contributed by atoms with van der Waals surface area (Å²) in [6.45, 7) is 0. The molecule has 10 rings (SSSR count). The molecule has 10 aromatic rings. The first-order valence-electron chi connectivity index (χ1n) is 16.6. The molecule has 0 saturated heterocycles. The summed E-state index contributed by atoms with van der Waals surface area (Å²) < 4.78 is 9.19. The van der Waals surface area contributed by atoms with Gasteiger partial charge in [-0.1, -0.05) is 121 Å². The summed E-state index contributed by atoms with van der Waals surface area (Å²) in [5.41, 5.74) is 9.85. The summed E-state index contributed by atoms with van der Waals surface area (Å²) in [6, 6.07) is 63.1. The van der Waals surface area contributed by atoms with Crippen LogP contribution in [-0.4, -0.2) is 0 Å². The zero-order chi connectivity index (χ0) is 32.3. The van der Waals surface area contributed by atoms with E-state index in [1.165, 1.54) is 53.2 Å². The topological polar surface area (TPSA) is 16.4 Å². The van der Waals surface area contributed by atoms with Crippen LogP contribution in [0.1, 0.15) is 0 Å². The molecule has 3 heteroatoms. The van der Waals surface area contributed by atoms with Crippen LogP contribution in [0.25, 0.3) is 75.1 Å². The molecule has 0 fully saturated rings. The molecule has 2 nitrogen and oxygen atoms in total. The lowest BCUT2D eigenvalue weighted by Gasteiger charge is -2.26. The second kappa shape index (κ2) is 11.2. The van der Waals surface area contributed by atoms with Crippen molar-refractivity contribution in [1.29, 1.82) is 0 Å². The van der Waals surface area contributed by atoms with Crippen molar-refractivity contribution in [2.24, 2.45) is 0 Å². The van der Waals surface area contributed by atoms with Gasteiger partial charge in [0.1, 0.15) is 11.2 Å². The van der Waals surface area contributed by atoms with Gasteiger partial charge in [0.15, 0.2) is 0 Å². The highest BCUT2D eigenvalue weighted by Crippen LogP contribution is 2.44. The third kappa shape index (κ3) is 4.62. The monoisotopic (exact) mass is 643 g/mol. The van der Waals surface area contributed by atoms with Gasteiger partial charge in [-0.25, -0.2) is 0 Å². The third-order valence-corrected chi connectivity index (χ3v) is 10.8. The summed E-state index contributed by atoms with van der Waals surface area (Å²) in [5, 5.41) is 7.27. The standard InChI is InChI=1S/C46H29NOS/c1-3-11-30(12-4-1)31-19-21-33(22-20-31)47(35-23-25-38-37-16-9-10-18-44(37)49-45(38)28-35)34-24-26-42-41(27-34)46-39-17-8-7-15-36(39)40(29-43(46)48-42)32-13-5-2-6-14-32/h1-29H. The number of benzene rings is 8. The van der Waals surface area contributed by atoms with Crippen molar-refractivity contribution in [2.45, 2.75) is 0 Å². The van der Waals surface area contributed by atoms with Crippen LogP contribution in [0.4, 0.5) is 17.1 Å². The molecule has 0 radical (unpaired) electrons. The highest BCUT2D eigenvalue weighted by atomic mass is 32.1. The molecule has 0 aliphatic carbocycles. The fourth-order valence-corrected chi connectivity index (χ4v) is 8.50. The normalized spacial score (nSPS) is 11.7. The van der Waals surface area contributed by atoms with Gasteiger partial charge in [0.05, 0.1) is 0 Å². The molecule has 0 aliphatic rings. The van der Waals surface area contributed by atoms with E-state index in [1.807, 2.05) is 11.3 Å². The molecule has 8 aromatic carbocycles. The Bertz CT molecular complexity index is 2810. The van der Waals surface area contributed by atoms with Crippen LogP contribution >= 0.6 is 11.3 Å². The van der Waals surface area contributed by atoms with E-state index in [4.69, 9.17) is 4.42 Å². The zero-order valence-corrected chi connectivity index (χ0v) is 27.3. The van der Waals surface area contributed by atoms with Crippen LogP contribution in [0.3, 0.4) is 0 Å². The van der Waals surface area contributed by atoms with Crippen molar-refractivity contribution in [1.82, 2.24) is 0 Å². The Balaban J connectivity index is 1.19. The molecular weight excluding hydrogens is 615 g/mol. The van der Waals surface area contributed by atoms with Gasteiger partial charge in [-0.05, 0) is 87.6 Å². The Morgan fingerprint density at radius 3 is 1.76 bits per heavy atom. The first kappa shape index (κ1) is 27.9. The fourth-order valence-electron chi connectivity index (χ4n) is 7.36. The first-order valence-corrected chi connectivity index (χ1v) is 17.4. The van der Waals surface area contributed by atoms with Gasteiger partial charge in [-0.15, -0.1) is 11.3 Å². The highest BCUT2D eigenvalue weighted by molar-refractivity contribution is 7.25. The number of hydrogen-bond donors (Lipinski definition) is 0. The van der Waals surface area contributed by atoms with E-state index >= 15 is 0 Å². The smallest absolute Gasteiger partial charge is 0.136 e. The van der Waals surface area contributed by atoms with Crippen molar-refractivity contribution in [3.8, 4) is 22.3 Å². The van der Waals surface area contributed by atoms with E-state index in [1.54, 1.807) is 0 Å². The molecule has 0 amide bonds. The summed E-state index contributed by atoms with van der Waals surface area (Å²) in [5.74, 6) is 0. The molecule has 0 N–H and O–H groups in total. The number of thiophene rings is 1. The van der Waals surface area contributed by atoms with E-state index in [-0.39, 0.29) is 0 Å². The molecule has 0 aliphatic heterocycles. The Hall–Kier alpha value is -6.16. The largest absolute Gasteiger partial charge is 0.456 e. The molecule has 230 valence electrons. The molecular formula is C46H29NOS. The van der Waals surface area contributed by atoms with Crippen LogP contribution in [-0.2, 0) is 0 Å². The lowest BCUT2D eigenvalue weighted by Crippen LogP contribution is -2.09. The van der Waals surface area contributed by atoms with Gasteiger partial charge >= 0.3 is 0 Å². The molecule has 0 unspecified atom stereocenters. The zero-order valence-electron chi connectivity index (χ0n) is 26.5. The maximum absolute atomic E-state index is 6.61. The van der Waals surface area contributed by atoms with E-state index in [0.29, 0.717) is 0 Å². The summed E-state index contributed by atoms with van der Waals surface area (Å²) in [7, 11) is 0. The Labute approximate surface area is 287 Å². The minimum atomic E-state index is 0.883. The maximum Gasteiger partial charge on any atom is 0.136 e. The van der Waals surface area contributed by atoms with Crippen LogP contribution in [0.5, 0.6) is 0 Å². The summed E-state index contributed by atoms with van der Waals surface area (Å²) in [6.07, 6.45) is 0. The number of nitrogens with zero attached hydrogens (tertiary/aromatic N) is 1. The van der Waals surface area contributed by atoms with E-state index < -0.39 is 0 Å². The number of furan rings is 1. The molecule has 0 saturated carbocycles. The van der Waals surface area contributed by atoms with Gasteiger partial charge in [-0.2, -0.15) is 0 Å². The lowest BCUT2D eigenvalue weighted by atomic mass is 9.95. The fraction of sp³-hybridized carbons (Fsp3) is 0. The van der Waals surface area contributed by atoms with Crippen molar-refractivity contribution >= 4 is 81.3 Å². The van der Waals surface area contributed by atoms with Crippen molar-refractivity contribution in [3.63, 3.8) is 0 Å². The Morgan fingerprint density at radius 1 is 0.367 bits per heavy atom. The molecule has 0 spiro atoms. The average molecular weight is 644 g/mol. The first-order chi connectivity index (χ1) is 24.3. The van der Waals surface area contributed by atoms with Crippen LogP contribution in [0.2, 0.25) is 0 Å². The minimum absolute atomic E-state index is 0.883. The van der Waals surface area contributed by atoms with E-state index in [0.717, 1.165) is 39.0 Å². The van der Waals surface area contributed by atoms with Gasteiger partial charge in [0, 0.05) is 48.0 Å². The second-order valence-electron chi connectivity index (χ2n) is 12.5. The predicted molar refractivity (Wildman–Crippen MR) is 210 cm³/mol. The molecule has 2 heterocycles. The Kier molecular flexibility index (Phi) is 6.39. The lowest BCUT2D eigenvalue weighted by molar-refractivity contribution is 0.669. The van der Waals surface area contributed by atoms with Crippen molar-refractivity contribution in [2.75, 3.05) is 4.90 Å². The quantitative estimate of drug-likeness (QED) is 0.186. The van der Waals surface area contributed by atoms with Gasteiger partial charge < -0.3 is 9.32 Å². The van der Waals surface area contributed by atoms with Crippen LogP contribution in [0.15, 0.2) is 180 Å². The number of fused-ring (bicyclic) bond motifs is 8. The van der Waals surface area contributed by atoms with Gasteiger partial charge in [-0.3, -0.25) is 0 Å². The summed E-state index contributed by atoms with van der Waals surface area (Å²) >= 11 is 1.85. The van der Waals surface area contributed by atoms with E-state index in [2.05, 4.69) is 181 Å².